The molecule has 5 heteroatoms. The van der Waals surface area contributed by atoms with Gasteiger partial charge >= 0.3 is 5.97 Å². The van der Waals surface area contributed by atoms with Gasteiger partial charge in [-0.25, -0.2) is 9.18 Å². The van der Waals surface area contributed by atoms with E-state index in [0.717, 1.165) is 12.8 Å². The number of nitrogens with one attached hydrogen (secondary N) is 1. The predicted octanol–water partition coefficient (Wildman–Crippen LogP) is 2.59. The molecule has 0 aliphatic heterocycles. The van der Waals surface area contributed by atoms with E-state index in [1.807, 2.05) is 0 Å². The molecular formula is C15H18FNO3. The first kappa shape index (κ1) is 14.5. The lowest BCUT2D eigenvalue weighted by Crippen LogP contribution is -2.56. The summed E-state index contributed by atoms with van der Waals surface area (Å²) in [6, 6.07) is 5.08. The minimum Gasteiger partial charge on any atom is -0.480 e. The monoisotopic (exact) mass is 279 g/mol. The lowest BCUT2D eigenvalue weighted by Gasteiger charge is -2.36. The highest BCUT2D eigenvalue weighted by Crippen LogP contribution is 2.32. The van der Waals surface area contributed by atoms with Crippen molar-refractivity contribution >= 4 is 11.9 Å². The Morgan fingerprint density at radius 3 is 2.30 bits per heavy atom. The summed E-state index contributed by atoms with van der Waals surface area (Å²) in [7, 11) is 0. The minimum atomic E-state index is -1.20. The van der Waals surface area contributed by atoms with Crippen LogP contribution in [-0.4, -0.2) is 22.5 Å². The number of carboxylic acid groups (broad SMARTS) is 1. The van der Waals surface area contributed by atoms with E-state index in [1.54, 1.807) is 0 Å². The summed E-state index contributed by atoms with van der Waals surface area (Å²) in [5.41, 5.74) is -0.927. The molecule has 1 amide bonds. The molecule has 0 bridgehead atoms. The zero-order valence-electron chi connectivity index (χ0n) is 11.4. The number of hydrogen-bond acceptors (Lipinski definition) is 2. The van der Waals surface area contributed by atoms with Gasteiger partial charge in [-0.15, -0.1) is 0 Å². The van der Waals surface area contributed by atoms with Crippen LogP contribution in [-0.2, 0) is 4.79 Å². The number of amides is 1. The maximum absolute atomic E-state index is 12.8. The first-order valence-electron chi connectivity index (χ1n) is 6.74. The van der Waals surface area contributed by atoms with Gasteiger partial charge in [-0.1, -0.05) is 6.92 Å². The Labute approximate surface area is 117 Å². The highest BCUT2D eigenvalue weighted by Gasteiger charge is 2.42. The van der Waals surface area contributed by atoms with Crippen molar-refractivity contribution in [3.63, 3.8) is 0 Å². The van der Waals surface area contributed by atoms with Crippen LogP contribution in [0.25, 0.3) is 0 Å². The van der Waals surface area contributed by atoms with E-state index in [1.165, 1.54) is 24.3 Å². The van der Waals surface area contributed by atoms with Crippen LogP contribution in [0.5, 0.6) is 0 Å². The average molecular weight is 279 g/mol. The third-order valence-electron chi connectivity index (χ3n) is 4.00. The van der Waals surface area contributed by atoms with Gasteiger partial charge in [-0.3, -0.25) is 4.79 Å². The summed E-state index contributed by atoms with van der Waals surface area (Å²) >= 11 is 0. The molecule has 1 fully saturated rings. The topological polar surface area (TPSA) is 66.4 Å². The Hall–Kier alpha value is -1.91. The van der Waals surface area contributed by atoms with Crippen molar-refractivity contribution in [2.24, 2.45) is 5.92 Å². The zero-order chi connectivity index (χ0) is 14.8. The first-order valence-corrected chi connectivity index (χ1v) is 6.74. The van der Waals surface area contributed by atoms with Gasteiger partial charge in [-0.2, -0.15) is 0 Å². The molecule has 0 heterocycles. The maximum Gasteiger partial charge on any atom is 0.329 e. The van der Waals surface area contributed by atoms with Gasteiger partial charge in [0.1, 0.15) is 11.4 Å². The molecule has 2 N–H and O–H groups in total. The standard InChI is InChI=1S/C15H18FNO3/c1-10-6-8-15(9-7-10,14(19)20)17-13(18)11-2-4-12(16)5-3-11/h2-5,10H,6-9H2,1H3,(H,17,18)(H,19,20). The molecular weight excluding hydrogens is 261 g/mol. The van der Waals surface area contributed by atoms with Crippen LogP contribution < -0.4 is 5.32 Å². The highest BCUT2D eigenvalue weighted by molar-refractivity contribution is 5.97. The number of carbonyl (C=O) groups is 2. The Morgan fingerprint density at radius 1 is 1.25 bits per heavy atom. The number of benzene rings is 1. The van der Waals surface area contributed by atoms with Gasteiger partial charge < -0.3 is 10.4 Å². The third kappa shape index (κ3) is 2.98. The van der Waals surface area contributed by atoms with Crippen molar-refractivity contribution < 1.29 is 19.1 Å². The third-order valence-corrected chi connectivity index (χ3v) is 4.00. The van der Waals surface area contributed by atoms with Crippen LogP contribution >= 0.6 is 0 Å². The molecule has 2 rings (SSSR count). The summed E-state index contributed by atoms with van der Waals surface area (Å²) in [6.07, 6.45) is 2.40. The van der Waals surface area contributed by atoms with Crippen LogP contribution in [0.15, 0.2) is 24.3 Å². The molecule has 0 aromatic heterocycles. The fraction of sp³-hybridized carbons (Fsp3) is 0.467. The molecule has 0 saturated heterocycles. The number of halogens is 1. The molecule has 4 nitrogen and oxygen atoms in total. The molecule has 1 aromatic rings. The smallest absolute Gasteiger partial charge is 0.329 e. The molecule has 1 aliphatic carbocycles. The Balaban J connectivity index is 2.14. The maximum atomic E-state index is 12.8. The lowest BCUT2D eigenvalue weighted by atomic mass is 9.77. The SMILES string of the molecule is CC1CCC(NC(=O)c2ccc(F)cc2)(C(=O)O)CC1. The summed E-state index contributed by atoms with van der Waals surface area (Å²) in [5, 5.41) is 12.1. The Bertz CT molecular complexity index is 504. The van der Waals surface area contributed by atoms with Crippen molar-refractivity contribution in [1.29, 1.82) is 0 Å². The van der Waals surface area contributed by atoms with Crippen molar-refractivity contribution in [1.82, 2.24) is 5.32 Å². The quantitative estimate of drug-likeness (QED) is 0.893. The van der Waals surface area contributed by atoms with Gasteiger partial charge in [-0.05, 0) is 55.9 Å². The van der Waals surface area contributed by atoms with E-state index in [-0.39, 0.29) is 5.56 Å². The first-order chi connectivity index (χ1) is 9.43. The van der Waals surface area contributed by atoms with Crippen LogP contribution in [0.4, 0.5) is 4.39 Å². The second-order valence-corrected chi connectivity index (χ2v) is 5.53. The zero-order valence-corrected chi connectivity index (χ0v) is 11.4. The molecule has 0 atom stereocenters. The fourth-order valence-corrected chi connectivity index (χ4v) is 2.54. The van der Waals surface area contributed by atoms with E-state index < -0.39 is 23.2 Å². The summed E-state index contributed by atoms with van der Waals surface area (Å²) in [4.78, 5) is 23.6. The fourth-order valence-electron chi connectivity index (χ4n) is 2.54. The van der Waals surface area contributed by atoms with Crippen molar-refractivity contribution in [3.8, 4) is 0 Å². The largest absolute Gasteiger partial charge is 0.480 e. The van der Waals surface area contributed by atoms with Crippen LogP contribution in [0.3, 0.4) is 0 Å². The molecule has 20 heavy (non-hydrogen) atoms. The number of rotatable bonds is 3. The molecule has 1 aromatic carbocycles. The molecule has 1 aliphatic rings. The van der Waals surface area contributed by atoms with E-state index in [0.29, 0.717) is 18.8 Å². The number of hydrogen-bond donors (Lipinski definition) is 2. The van der Waals surface area contributed by atoms with Gasteiger partial charge in [0, 0.05) is 5.56 Å². The molecule has 1 saturated carbocycles. The van der Waals surface area contributed by atoms with Crippen molar-refractivity contribution in [3.05, 3.63) is 35.6 Å². The van der Waals surface area contributed by atoms with E-state index in [4.69, 9.17) is 0 Å². The summed E-state index contributed by atoms with van der Waals surface area (Å²) in [6.45, 7) is 2.08. The lowest BCUT2D eigenvalue weighted by molar-refractivity contribution is -0.146. The summed E-state index contributed by atoms with van der Waals surface area (Å²) in [5.74, 6) is -1.42. The van der Waals surface area contributed by atoms with Gasteiger partial charge in [0.2, 0.25) is 0 Å². The number of carboxylic acids is 1. The highest BCUT2D eigenvalue weighted by atomic mass is 19.1. The van der Waals surface area contributed by atoms with Crippen LogP contribution in [0.1, 0.15) is 43.0 Å². The normalized spacial score (nSPS) is 26.0. The average Bonchev–Trinajstić information content (AvgIpc) is 2.42. The second kappa shape index (κ2) is 5.61. The number of aliphatic carboxylic acids is 1. The predicted molar refractivity (Wildman–Crippen MR) is 71.9 cm³/mol. The second-order valence-electron chi connectivity index (χ2n) is 5.53. The van der Waals surface area contributed by atoms with Crippen LogP contribution in [0, 0.1) is 11.7 Å². The van der Waals surface area contributed by atoms with Gasteiger partial charge in [0.15, 0.2) is 0 Å². The Morgan fingerprint density at radius 2 is 1.80 bits per heavy atom. The minimum absolute atomic E-state index is 0.269. The van der Waals surface area contributed by atoms with Gasteiger partial charge in [0.05, 0.1) is 0 Å². The molecule has 0 radical (unpaired) electrons. The molecule has 0 unspecified atom stereocenters. The van der Waals surface area contributed by atoms with Crippen molar-refractivity contribution in [2.75, 3.05) is 0 Å². The van der Waals surface area contributed by atoms with Crippen LogP contribution in [0.2, 0.25) is 0 Å². The summed E-state index contributed by atoms with van der Waals surface area (Å²) < 4.78 is 12.8. The van der Waals surface area contributed by atoms with Gasteiger partial charge in [0.25, 0.3) is 5.91 Å². The van der Waals surface area contributed by atoms with E-state index >= 15 is 0 Å². The molecule has 0 spiro atoms. The Kier molecular flexibility index (Phi) is 4.06. The van der Waals surface area contributed by atoms with Crippen molar-refractivity contribution in [2.45, 2.75) is 38.1 Å². The number of carbonyl (C=O) groups excluding carboxylic acids is 1. The molecule has 108 valence electrons. The van der Waals surface area contributed by atoms with E-state index in [9.17, 15) is 19.1 Å². The van der Waals surface area contributed by atoms with E-state index in [2.05, 4.69) is 12.2 Å².